The van der Waals surface area contributed by atoms with Crippen molar-refractivity contribution in [1.29, 1.82) is 0 Å². The predicted molar refractivity (Wildman–Crippen MR) is 29.4 cm³/mol. The van der Waals surface area contributed by atoms with Crippen molar-refractivity contribution in [2.45, 2.75) is 13.0 Å². The molecule has 1 unspecified atom stereocenters. The Morgan fingerprint density at radius 1 is 1.67 bits per heavy atom. The van der Waals surface area contributed by atoms with Crippen LogP contribution in [0.2, 0.25) is 0 Å². The van der Waals surface area contributed by atoms with Gasteiger partial charge in [0, 0.05) is 11.6 Å². The van der Waals surface area contributed by atoms with Crippen molar-refractivity contribution in [1.82, 2.24) is 0 Å². The van der Waals surface area contributed by atoms with Crippen molar-refractivity contribution in [2.24, 2.45) is 0 Å². The fourth-order valence-corrected chi connectivity index (χ4v) is 0.323. The van der Waals surface area contributed by atoms with Crippen molar-refractivity contribution in [3.63, 3.8) is 0 Å². The van der Waals surface area contributed by atoms with Gasteiger partial charge in [-0.2, -0.15) is 0 Å². The number of rotatable bonds is 2. The van der Waals surface area contributed by atoms with E-state index in [9.17, 15) is 9.59 Å². The lowest BCUT2D eigenvalue weighted by atomic mass is 10.4. The van der Waals surface area contributed by atoms with Crippen molar-refractivity contribution in [2.75, 3.05) is 0 Å². The minimum atomic E-state index is -1.22. The monoisotopic (exact) mass is 152 g/mol. The quantitative estimate of drug-likeness (QED) is 0.596. The fourth-order valence-electron chi connectivity index (χ4n) is 0.189. The molecule has 52 valence electrons. The number of carbonyl (C=O) groups is 2. The summed E-state index contributed by atoms with van der Waals surface area (Å²) in [5, 5.41) is 8.10. The Bertz CT molecular complexity index is 133. The molecule has 0 radical (unpaired) electrons. The van der Waals surface area contributed by atoms with Gasteiger partial charge in [-0.25, -0.2) is 9.59 Å². The maximum atomic E-state index is 9.90. The van der Waals surface area contributed by atoms with Gasteiger partial charge in [-0.3, -0.25) is 0 Å². The number of carboxylic acid groups (broad SMARTS) is 1. The van der Waals surface area contributed by atoms with Crippen LogP contribution in [-0.2, 0) is 9.53 Å². The Kier molecular flexibility index (Phi) is 3.01. The Hall–Kier alpha value is -0.770. The molecule has 0 saturated carbocycles. The second-order valence-electron chi connectivity index (χ2n) is 1.34. The van der Waals surface area contributed by atoms with Gasteiger partial charge in [0.15, 0.2) is 6.10 Å². The zero-order valence-corrected chi connectivity index (χ0v) is 5.38. The molecule has 0 spiro atoms. The standard InChI is InChI=1S/C4H5ClO4/c1-2(3(6)7)9-4(5)8/h2H,1H3,(H,6,7). The zero-order chi connectivity index (χ0) is 7.44. The first kappa shape index (κ1) is 8.23. The molecule has 0 bridgehead atoms. The normalized spacial score (nSPS) is 12.2. The molecule has 0 aromatic carbocycles. The predicted octanol–water partition coefficient (Wildman–Crippen LogP) is 0.835. The molecule has 0 aliphatic heterocycles. The van der Waals surface area contributed by atoms with Crippen LogP contribution in [-0.4, -0.2) is 22.6 Å². The van der Waals surface area contributed by atoms with E-state index >= 15 is 0 Å². The third-order valence-corrected chi connectivity index (χ3v) is 0.706. The highest BCUT2D eigenvalue weighted by molar-refractivity contribution is 6.61. The van der Waals surface area contributed by atoms with Gasteiger partial charge >= 0.3 is 11.4 Å². The van der Waals surface area contributed by atoms with E-state index in [4.69, 9.17) is 16.7 Å². The maximum Gasteiger partial charge on any atom is 0.404 e. The van der Waals surface area contributed by atoms with E-state index in [-0.39, 0.29) is 0 Å². The molecule has 1 atom stereocenters. The number of aliphatic carboxylic acids is 1. The van der Waals surface area contributed by atoms with Gasteiger partial charge < -0.3 is 9.84 Å². The molecule has 1 N–H and O–H groups in total. The minimum Gasteiger partial charge on any atom is -0.479 e. The van der Waals surface area contributed by atoms with Gasteiger partial charge in [-0.15, -0.1) is 0 Å². The molecule has 9 heavy (non-hydrogen) atoms. The fraction of sp³-hybridized carbons (Fsp3) is 0.500. The van der Waals surface area contributed by atoms with Crippen LogP contribution in [0.5, 0.6) is 0 Å². The molecular weight excluding hydrogens is 147 g/mol. The summed E-state index contributed by atoms with van der Waals surface area (Å²) in [6, 6.07) is 0. The Labute approximate surface area is 56.4 Å². The SMILES string of the molecule is CC(OC(=O)Cl)C(=O)O. The van der Waals surface area contributed by atoms with Gasteiger partial charge in [-0.05, 0) is 6.92 Å². The lowest BCUT2D eigenvalue weighted by Gasteiger charge is -2.02. The Morgan fingerprint density at radius 3 is 2.22 bits per heavy atom. The summed E-state index contributed by atoms with van der Waals surface area (Å²) in [6.07, 6.45) is -1.17. The van der Waals surface area contributed by atoms with Gasteiger partial charge in [0.1, 0.15) is 0 Å². The molecule has 0 amide bonds. The summed E-state index contributed by atoms with van der Waals surface area (Å²) in [5.74, 6) is -1.22. The number of carboxylic acids is 1. The maximum absolute atomic E-state index is 9.90. The molecule has 0 aliphatic rings. The summed E-state index contributed by atoms with van der Waals surface area (Å²) in [4.78, 5) is 19.7. The van der Waals surface area contributed by atoms with E-state index < -0.39 is 17.5 Å². The van der Waals surface area contributed by atoms with E-state index in [0.29, 0.717) is 0 Å². The highest BCUT2D eigenvalue weighted by Gasteiger charge is 2.13. The number of carbonyl (C=O) groups excluding carboxylic acids is 1. The van der Waals surface area contributed by atoms with Gasteiger partial charge in [-0.1, -0.05) is 0 Å². The average molecular weight is 153 g/mol. The number of hydrogen-bond donors (Lipinski definition) is 1. The third-order valence-electron chi connectivity index (χ3n) is 0.617. The van der Waals surface area contributed by atoms with E-state index in [2.05, 4.69) is 4.74 Å². The largest absolute Gasteiger partial charge is 0.479 e. The highest BCUT2D eigenvalue weighted by Crippen LogP contribution is 1.94. The van der Waals surface area contributed by atoms with Crippen LogP contribution in [0, 0.1) is 0 Å². The van der Waals surface area contributed by atoms with Crippen LogP contribution < -0.4 is 0 Å². The molecule has 0 heterocycles. The molecule has 0 saturated heterocycles. The first-order valence-corrected chi connectivity index (χ1v) is 2.50. The molecule has 0 aromatic heterocycles. The van der Waals surface area contributed by atoms with E-state index in [1.54, 1.807) is 0 Å². The molecule has 4 nitrogen and oxygen atoms in total. The summed E-state index contributed by atoms with van der Waals surface area (Å²) in [7, 11) is 0. The highest BCUT2D eigenvalue weighted by atomic mass is 35.5. The second kappa shape index (κ2) is 3.29. The third kappa shape index (κ3) is 3.78. The van der Waals surface area contributed by atoms with Crippen molar-refractivity contribution >= 4 is 23.0 Å². The number of hydrogen-bond acceptors (Lipinski definition) is 3. The van der Waals surface area contributed by atoms with Crippen LogP contribution in [0.25, 0.3) is 0 Å². The molecule has 0 rings (SSSR count). The topological polar surface area (TPSA) is 63.6 Å². The summed E-state index contributed by atoms with van der Waals surface area (Å²) >= 11 is 4.69. The second-order valence-corrected chi connectivity index (χ2v) is 1.64. The molecular formula is C4H5ClO4. The summed E-state index contributed by atoms with van der Waals surface area (Å²) < 4.78 is 4.04. The van der Waals surface area contributed by atoms with Gasteiger partial charge in [0.2, 0.25) is 0 Å². The molecule has 0 fully saturated rings. The number of halogens is 1. The van der Waals surface area contributed by atoms with Gasteiger partial charge in [0.05, 0.1) is 0 Å². The van der Waals surface area contributed by atoms with Crippen LogP contribution in [0.15, 0.2) is 0 Å². The molecule has 0 aromatic rings. The first-order valence-electron chi connectivity index (χ1n) is 2.13. The van der Waals surface area contributed by atoms with Crippen LogP contribution in [0.3, 0.4) is 0 Å². The van der Waals surface area contributed by atoms with E-state index in [1.165, 1.54) is 6.92 Å². The Morgan fingerprint density at radius 2 is 2.11 bits per heavy atom. The molecule has 5 heteroatoms. The smallest absolute Gasteiger partial charge is 0.404 e. The van der Waals surface area contributed by atoms with Crippen LogP contribution >= 0.6 is 11.6 Å². The summed E-state index contributed by atoms with van der Waals surface area (Å²) in [6.45, 7) is 1.21. The van der Waals surface area contributed by atoms with Crippen molar-refractivity contribution < 1.29 is 19.4 Å². The summed E-state index contributed by atoms with van der Waals surface area (Å²) in [5.41, 5.74) is -1.11. The van der Waals surface area contributed by atoms with Gasteiger partial charge in [0.25, 0.3) is 0 Å². The van der Waals surface area contributed by atoms with E-state index in [1.807, 2.05) is 0 Å². The Balaban J connectivity index is 3.63. The zero-order valence-electron chi connectivity index (χ0n) is 4.63. The van der Waals surface area contributed by atoms with Crippen molar-refractivity contribution in [3.8, 4) is 0 Å². The van der Waals surface area contributed by atoms with Crippen molar-refractivity contribution in [3.05, 3.63) is 0 Å². The van der Waals surface area contributed by atoms with Crippen LogP contribution in [0.4, 0.5) is 4.79 Å². The lowest BCUT2D eigenvalue weighted by Crippen LogP contribution is -2.20. The minimum absolute atomic E-state index is 1.11. The van der Waals surface area contributed by atoms with Crippen LogP contribution in [0.1, 0.15) is 6.92 Å². The first-order chi connectivity index (χ1) is 4.04. The molecule has 0 aliphatic carbocycles. The number of ether oxygens (including phenoxy) is 1. The average Bonchev–Trinajstić information content (AvgIpc) is 1.63. The lowest BCUT2D eigenvalue weighted by molar-refractivity contribution is -0.145. The van der Waals surface area contributed by atoms with E-state index in [0.717, 1.165) is 0 Å².